The number of carbonyl (C=O) groups excluding carboxylic acids is 2. The minimum Gasteiger partial charge on any atom is -0.494 e. The normalized spacial score (nSPS) is 15.0. The van der Waals surface area contributed by atoms with E-state index in [1.807, 2.05) is 6.92 Å². The summed E-state index contributed by atoms with van der Waals surface area (Å²) >= 11 is 0. The van der Waals surface area contributed by atoms with Gasteiger partial charge in [-0.25, -0.2) is 0 Å². The minimum absolute atomic E-state index is 0.361. The number of rotatable bonds is 7. The first-order chi connectivity index (χ1) is 10.6. The molecule has 22 heavy (non-hydrogen) atoms. The molecule has 1 saturated carbocycles. The number of nitrogens with one attached hydrogen (secondary N) is 2. The van der Waals surface area contributed by atoms with Crippen LogP contribution in [0, 0.1) is 5.92 Å². The second-order valence-corrected chi connectivity index (χ2v) is 5.32. The van der Waals surface area contributed by atoms with Crippen molar-refractivity contribution in [2.45, 2.75) is 32.8 Å². The summed E-state index contributed by atoms with van der Waals surface area (Å²) in [6.45, 7) is 4.73. The molecule has 1 aromatic rings. The van der Waals surface area contributed by atoms with Crippen molar-refractivity contribution in [1.82, 2.24) is 10.9 Å². The molecule has 0 spiro atoms. The maximum Gasteiger partial charge on any atom is 0.269 e. The van der Waals surface area contributed by atoms with E-state index >= 15 is 0 Å². The Labute approximate surface area is 130 Å². The third-order valence-corrected chi connectivity index (χ3v) is 3.37. The Bertz CT molecular complexity index is 511. The van der Waals surface area contributed by atoms with E-state index in [9.17, 15) is 9.59 Å². The molecule has 2 rings (SSSR count). The summed E-state index contributed by atoms with van der Waals surface area (Å²) in [5, 5.41) is 0. The molecule has 1 aliphatic carbocycles. The van der Waals surface area contributed by atoms with Crippen LogP contribution in [0.2, 0.25) is 0 Å². The molecule has 1 aromatic carbocycles. The van der Waals surface area contributed by atoms with Gasteiger partial charge in [-0.1, -0.05) is 0 Å². The average Bonchev–Trinajstić information content (AvgIpc) is 3.35. The van der Waals surface area contributed by atoms with Crippen molar-refractivity contribution in [2.24, 2.45) is 5.92 Å². The zero-order valence-corrected chi connectivity index (χ0v) is 12.9. The highest BCUT2D eigenvalue weighted by Gasteiger charge is 2.24. The lowest BCUT2D eigenvalue weighted by molar-refractivity contribution is -0.132. The van der Waals surface area contributed by atoms with E-state index in [1.54, 1.807) is 31.2 Å². The number of ether oxygens (including phenoxy) is 2. The first kappa shape index (κ1) is 16.3. The molecule has 120 valence electrons. The predicted octanol–water partition coefficient (Wildman–Crippen LogP) is 1.66. The van der Waals surface area contributed by atoms with Gasteiger partial charge in [-0.2, -0.15) is 0 Å². The SMILES string of the molecule is CCOc1ccc(C(=O)NNC(=O)C(C)OCC2CC2)cc1. The fraction of sp³-hybridized carbons (Fsp3) is 0.500. The summed E-state index contributed by atoms with van der Waals surface area (Å²) < 4.78 is 10.7. The maximum atomic E-state index is 11.9. The second-order valence-electron chi connectivity index (χ2n) is 5.32. The molecule has 1 unspecified atom stereocenters. The van der Waals surface area contributed by atoms with Gasteiger partial charge in [0.25, 0.3) is 11.8 Å². The van der Waals surface area contributed by atoms with Crippen molar-refractivity contribution in [3.05, 3.63) is 29.8 Å². The molecular weight excluding hydrogens is 284 g/mol. The van der Waals surface area contributed by atoms with Crippen molar-refractivity contribution in [2.75, 3.05) is 13.2 Å². The van der Waals surface area contributed by atoms with Gasteiger partial charge >= 0.3 is 0 Å². The summed E-state index contributed by atoms with van der Waals surface area (Å²) in [7, 11) is 0. The summed E-state index contributed by atoms with van der Waals surface area (Å²) in [5.41, 5.74) is 5.19. The van der Waals surface area contributed by atoms with Crippen LogP contribution in [0.3, 0.4) is 0 Å². The van der Waals surface area contributed by atoms with Gasteiger partial charge in [-0.05, 0) is 56.9 Å². The molecular formula is C16H22N2O4. The van der Waals surface area contributed by atoms with E-state index in [2.05, 4.69) is 10.9 Å². The lowest BCUT2D eigenvalue weighted by atomic mass is 10.2. The topological polar surface area (TPSA) is 76.7 Å². The molecule has 0 aliphatic heterocycles. The van der Waals surface area contributed by atoms with Crippen LogP contribution in [0.5, 0.6) is 5.75 Å². The van der Waals surface area contributed by atoms with Gasteiger partial charge in [-0.3, -0.25) is 20.4 Å². The largest absolute Gasteiger partial charge is 0.494 e. The molecule has 6 nitrogen and oxygen atoms in total. The van der Waals surface area contributed by atoms with E-state index in [0.29, 0.717) is 30.4 Å². The zero-order chi connectivity index (χ0) is 15.9. The quantitative estimate of drug-likeness (QED) is 0.751. The standard InChI is InChI=1S/C16H22N2O4/c1-3-21-14-8-6-13(7-9-14)16(20)18-17-15(19)11(2)22-10-12-4-5-12/h6-9,11-12H,3-5,10H2,1-2H3,(H,17,19)(H,18,20). The summed E-state index contributed by atoms with van der Waals surface area (Å²) in [6, 6.07) is 6.70. The van der Waals surface area contributed by atoms with Gasteiger partial charge in [0.1, 0.15) is 11.9 Å². The third kappa shape index (κ3) is 5.04. The lowest BCUT2D eigenvalue weighted by Crippen LogP contribution is -2.46. The molecule has 0 radical (unpaired) electrons. The molecule has 2 N–H and O–H groups in total. The predicted molar refractivity (Wildman–Crippen MR) is 81.4 cm³/mol. The molecule has 0 saturated heterocycles. The van der Waals surface area contributed by atoms with Crippen LogP contribution in [0.25, 0.3) is 0 Å². The van der Waals surface area contributed by atoms with Gasteiger partial charge in [0.15, 0.2) is 0 Å². The maximum absolute atomic E-state index is 11.9. The Hall–Kier alpha value is -2.08. The molecule has 1 aliphatic rings. The Morgan fingerprint density at radius 2 is 1.91 bits per heavy atom. The van der Waals surface area contributed by atoms with E-state index < -0.39 is 6.10 Å². The van der Waals surface area contributed by atoms with Gasteiger partial charge in [0.2, 0.25) is 0 Å². The minimum atomic E-state index is -0.582. The van der Waals surface area contributed by atoms with E-state index in [0.717, 1.165) is 0 Å². The van der Waals surface area contributed by atoms with Gasteiger partial charge < -0.3 is 9.47 Å². The Morgan fingerprint density at radius 1 is 1.23 bits per heavy atom. The molecule has 2 amide bonds. The van der Waals surface area contributed by atoms with Crippen molar-refractivity contribution >= 4 is 11.8 Å². The van der Waals surface area contributed by atoms with Crippen LogP contribution in [-0.2, 0) is 9.53 Å². The number of hydrazine groups is 1. The van der Waals surface area contributed by atoms with E-state index in [1.165, 1.54) is 12.8 Å². The van der Waals surface area contributed by atoms with Crippen LogP contribution in [0.15, 0.2) is 24.3 Å². The highest BCUT2D eigenvalue weighted by Crippen LogP contribution is 2.29. The fourth-order valence-corrected chi connectivity index (χ4v) is 1.80. The number of carbonyl (C=O) groups is 2. The third-order valence-electron chi connectivity index (χ3n) is 3.37. The highest BCUT2D eigenvalue weighted by molar-refractivity contribution is 5.95. The first-order valence-corrected chi connectivity index (χ1v) is 7.54. The second kappa shape index (κ2) is 7.79. The fourth-order valence-electron chi connectivity index (χ4n) is 1.80. The Morgan fingerprint density at radius 3 is 2.50 bits per heavy atom. The van der Waals surface area contributed by atoms with Gasteiger partial charge in [0.05, 0.1) is 13.2 Å². The average molecular weight is 306 g/mol. The van der Waals surface area contributed by atoms with Crippen LogP contribution < -0.4 is 15.6 Å². The van der Waals surface area contributed by atoms with Crippen LogP contribution >= 0.6 is 0 Å². The summed E-state index contributed by atoms with van der Waals surface area (Å²) in [4.78, 5) is 23.7. The monoisotopic (exact) mass is 306 g/mol. The van der Waals surface area contributed by atoms with Crippen molar-refractivity contribution < 1.29 is 19.1 Å². The van der Waals surface area contributed by atoms with E-state index in [-0.39, 0.29) is 11.8 Å². The number of amides is 2. The van der Waals surface area contributed by atoms with E-state index in [4.69, 9.17) is 9.47 Å². The summed E-state index contributed by atoms with van der Waals surface area (Å²) in [6.07, 6.45) is 1.76. The zero-order valence-electron chi connectivity index (χ0n) is 12.9. The van der Waals surface area contributed by atoms with Crippen LogP contribution in [0.4, 0.5) is 0 Å². The van der Waals surface area contributed by atoms with Gasteiger partial charge in [0, 0.05) is 5.56 Å². The van der Waals surface area contributed by atoms with Crippen molar-refractivity contribution in [3.63, 3.8) is 0 Å². The Kier molecular flexibility index (Phi) is 5.77. The number of benzene rings is 1. The number of hydrogen-bond donors (Lipinski definition) is 2. The van der Waals surface area contributed by atoms with Gasteiger partial charge in [-0.15, -0.1) is 0 Å². The lowest BCUT2D eigenvalue weighted by Gasteiger charge is -2.13. The van der Waals surface area contributed by atoms with Crippen molar-refractivity contribution in [3.8, 4) is 5.75 Å². The first-order valence-electron chi connectivity index (χ1n) is 7.54. The number of hydrogen-bond acceptors (Lipinski definition) is 4. The molecule has 0 bridgehead atoms. The van der Waals surface area contributed by atoms with Crippen LogP contribution in [0.1, 0.15) is 37.0 Å². The van der Waals surface area contributed by atoms with Crippen molar-refractivity contribution in [1.29, 1.82) is 0 Å². The van der Waals surface area contributed by atoms with Crippen LogP contribution in [-0.4, -0.2) is 31.1 Å². The highest BCUT2D eigenvalue weighted by atomic mass is 16.5. The summed E-state index contributed by atoms with van der Waals surface area (Å²) in [5.74, 6) is 0.546. The molecule has 1 fully saturated rings. The Balaban J connectivity index is 1.74. The smallest absolute Gasteiger partial charge is 0.269 e. The molecule has 0 aromatic heterocycles. The molecule has 6 heteroatoms. The molecule has 0 heterocycles. The molecule has 1 atom stereocenters.